The van der Waals surface area contributed by atoms with Crippen LogP contribution in [0.3, 0.4) is 0 Å². The van der Waals surface area contributed by atoms with E-state index in [0.29, 0.717) is 0 Å². The van der Waals surface area contributed by atoms with Gasteiger partial charge in [-0.25, -0.2) is 0 Å². The molecule has 2 aliphatic rings. The summed E-state index contributed by atoms with van der Waals surface area (Å²) in [5.74, 6) is 1.15. The molecule has 1 aromatic rings. The van der Waals surface area contributed by atoms with Crippen molar-refractivity contribution in [2.45, 2.75) is 0 Å². The number of hydrogen-bond acceptors (Lipinski definition) is 3. The van der Waals surface area contributed by atoms with E-state index in [0.717, 1.165) is 11.4 Å². The highest BCUT2D eigenvalue weighted by atomic mass is 16.1. The highest BCUT2D eigenvalue weighted by Crippen LogP contribution is 2.39. The molecular formula is C17H16N2O. The van der Waals surface area contributed by atoms with E-state index in [4.69, 9.17) is 0 Å². The minimum atomic E-state index is 0.0392. The number of carbonyl (C=O) groups is 1. The molecule has 0 N–H and O–H groups in total. The number of rotatable bonds is 1. The van der Waals surface area contributed by atoms with Crippen molar-refractivity contribution in [1.82, 2.24) is 0 Å². The van der Waals surface area contributed by atoms with Gasteiger partial charge in [0.15, 0.2) is 5.78 Å². The van der Waals surface area contributed by atoms with Crippen molar-refractivity contribution in [1.29, 1.82) is 0 Å². The van der Waals surface area contributed by atoms with Crippen molar-refractivity contribution in [2.75, 3.05) is 23.9 Å². The van der Waals surface area contributed by atoms with Crippen LogP contribution in [0, 0.1) is 0 Å². The van der Waals surface area contributed by atoms with E-state index in [1.165, 1.54) is 11.4 Å². The molecule has 1 aromatic carbocycles. The number of hydrogen-bond donors (Lipinski definition) is 0. The smallest absolute Gasteiger partial charge is 0.178 e. The number of benzene rings is 1. The predicted molar refractivity (Wildman–Crippen MR) is 82.7 cm³/mol. The zero-order valence-electron chi connectivity index (χ0n) is 11.6. The molecule has 0 saturated carbocycles. The molecule has 0 aromatic heterocycles. The van der Waals surface area contributed by atoms with E-state index < -0.39 is 0 Å². The van der Waals surface area contributed by atoms with Gasteiger partial charge < -0.3 is 9.80 Å². The summed E-state index contributed by atoms with van der Waals surface area (Å²) >= 11 is 0. The maximum Gasteiger partial charge on any atom is 0.178 e. The normalized spacial score (nSPS) is 16.8. The van der Waals surface area contributed by atoms with E-state index in [1.54, 1.807) is 12.2 Å². The summed E-state index contributed by atoms with van der Waals surface area (Å²) in [7, 11) is 4.12. The average molecular weight is 264 g/mol. The third kappa shape index (κ3) is 2.07. The van der Waals surface area contributed by atoms with E-state index in [1.807, 2.05) is 30.4 Å². The van der Waals surface area contributed by atoms with Gasteiger partial charge in [0.1, 0.15) is 5.82 Å². The molecule has 0 saturated heterocycles. The summed E-state index contributed by atoms with van der Waals surface area (Å²) in [5.41, 5.74) is 3.42. The minimum absolute atomic E-state index is 0.0392. The first-order valence-corrected chi connectivity index (χ1v) is 6.55. The Morgan fingerprint density at radius 1 is 0.850 bits per heavy atom. The largest absolute Gasteiger partial charge is 0.329 e. The van der Waals surface area contributed by atoms with Gasteiger partial charge in [0.25, 0.3) is 0 Å². The summed E-state index contributed by atoms with van der Waals surface area (Å²) in [4.78, 5) is 15.4. The van der Waals surface area contributed by atoms with Crippen LogP contribution in [0.2, 0.25) is 0 Å². The van der Waals surface area contributed by atoms with E-state index >= 15 is 0 Å². The zero-order valence-corrected chi connectivity index (χ0v) is 11.6. The van der Waals surface area contributed by atoms with Gasteiger partial charge in [-0.1, -0.05) is 30.4 Å². The number of para-hydroxylation sites is 2. The van der Waals surface area contributed by atoms with Gasteiger partial charge in [-0.15, -0.1) is 0 Å². The first kappa shape index (κ1) is 12.5. The average Bonchev–Trinajstić information content (AvgIpc) is 2.71. The van der Waals surface area contributed by atoms with Gasteiger partial charge in [-0.2, -0.15) is 0 Å². The highest BCUT2D eigenvalue weighted by Gasteiger charge is 2.24. The van der Waals surface area contributed by atoms with Gasteiger partial charge in [-0.3, -0.25) is 4.79 Å². The van der Waals surface area contributed by atoms with Crippen molar-refractivity contribution < 1.29 is 4.79 Å². The summed E-state index contributed by atoms with van der Waals surface area (Å²) in [5, 5.41) is 0. The number of fused-ring (bicyclic) bond motifs is 1. The Hall–Kier alpha value is -2.55. The molecule has 3 rings (SSSR count). The maximum atomic E-state index is 11.1. The third-order valence-corrected chi connectivity index (χ3v) is 3.60. The third-order valence-electron chi connectivity index (χ3n) is 3.60. The van der Waals surface area contributed by atoms with Gasteiger partial charge in [0.05, 0.1) is 11.4 Å². The topological polar surface area (TPSA) is 23.6 Å². The summed E-state index contributed by atoms with van der Waals surface area (Å²) in [6.07, 6.45) is 10.9. The molecule has 0 unspecified atom stereocenters. The molecule has 0 amide bonds. The lowest BCUT2D eigenvalue weighted by atomic mass is 10.1. The van der Waals surface area contributed by atoms with Gasteiger partial charge >= 0.3 is 0 Å². The lowest BCUT2D eigenvalue weighted by molar-refractivity contribution is -0.110. The molecule has 1 heterocycles. The Balaban J connectivity index is 1.91. The molecular weight excluding hydrogens is 248 g/mol. The molecule has 3 nitrogen and oxygen atoms in total. The molecule has 3 heteroatoms. The fourth-order valence-electron chi connectivity index (χ4n) is 2.48. The highest BCUT2D eigenvalue weighted by molar-refractivity contribution is 6.01. The molecule has 0 radical (unpaired) electrons. The van der Waals surface area contributed by atoms with Crippen molar-refractivity contribution in [3.05, 3.63) is 72.1 Å². The second kappa shape index (κ2) is 4.85. The number of nitrogens with zero attached hydrogens (tertiary/aromatic N) is 2. The van der Waals surface area contributed by atoms with Crippen LogP contribution in [0.25, 0.3) is 0 Å². The van der Waals surface area contributed by atoms with Gasteiger partial charge in [0, 0.05) is 14.1 Å². The van der Waals surface area contributed by atoms with Gasteiger partial charge in [0.2, 0.25) is 0 Å². The van der Waals surface area contributed by atoms with Crippen LogP contribution in [-0.2, 0) is 4.79 Å². The lowest BCUT2D eigenvalue weighted by Crippen LogP contribution is -2.21. The van der Waals surface area contributed by atoms with Crippen LogP contribution in [0.5, 0.6) is 0 Å². The number of ketones is 1. The SMILES string of the molecule is CN1C(=CC=C2C=CC(=O)C=C2)N(C)c2ccccc21. The quantitative estimate of drug-likeness (QED) is 0.779. The van der Waals surface area contributed by atoms with Crippen LogP contribution < -0.4 is 9.80 Å². The maximum absolute atomic E-state index is 11.1. The molecule has 100 valence electrons. The second-order valence-corrected chi connectivity index (χ2v) is 4.87. The molecule has 1 aliphatic carbocycles. The summed E-state index contributed by atoms with van der Waals surface area (Å²) in [6, 6.07) is 8.31. The standard InChI is InChI=1S/C17H16N2O/c1-18-15-5-3-4-6-16(15)19(2)17(18)12-9-13-7-10-14(20)11-8-13/h3-12H,1-2H3. The molecule has 0 bridgehead atoms. The minimum Gasteiger partial charge on any atom is -0.329 e. The lowest BCUT2D eigenvalue weighted by Gasteiger charge is -2.17. The van der Waals surface area contributed by atoms with E-state index in [9.17, 15) is 4.79 Å². The van der Waals surface area contributed by atoms with E-state index in [-0.39, 0.29) is 5.78 Å². The fourth-order valence-corrected chi connectivity index (χ4v) is 2.48. The number of carbonyl (C=O) groups excluding carboxylic acids is 1. The fraction of sp³-hybridized carbons (Fsp3) is 0.118. The Bertz CT molecular complexity index is 631. The molecule has 20 heavy (non-hydrogen) atoms. The van der Waals surface area contributed by atoms with Gasteiger partial charge in [-0.05, 0) is 35.9 Å². The molecule has 0 fully saturated rings. The monoisotopic (exact) mass is 264 g/mol. The number of allylic oxidation sites excluding steroid dienone is 7. The van der Waals surface area contributed by atoms with Crippen LogP contribution in [0.1, 0.15) is 0 Å². The first-order valence-electron chi connectivity index (χ1n) is 6.55. The Kier molecular flexibility index (Phi) is 3.03. The predicted octanol–water partition coefficient (Wildman–Crippen LogP) is 3.04. The molecule has 0 spiro atoms. The zero-order chi connectivity index (χ0) is 14.1. The van der Waals surface area contributed by atoms with Crippen molar-refractivity contribution >= 4 is 17.2 Å². The van der Waals surface area contributed by atoms with Crippen LogP contribution in [-0.4, -0.2) is 19.9 Å². The van der Waals surface area contributed by atoms with E-state index in [2.05, 4.69) is 42.1 Å². The van der Waals surface area contributed by atoms with Crippen LogP contribution >= 0.6 is 0 Å². The Labute approximate surface area is 118 Å². The number of anilines is 2. The van der Waals surface area contributed by atoms with Crippen molar-refractivity contribution in [3.8, 4) is 0 Å². The Morgan fingerprint density at radius 3 is 1.95 bits per heavy atom. The summed E-state index contributed by atoms with van der Waals surface area (Å²) < 4.78 is 0. The van der Waals surface area contributed by atoms with Crippen molar-refractivity contribution in [2.24, 2.45) is 0 Å². The molecule has 1 aliphatic heterocycles. The molecule has 0 atom stereocenters. The first-order chi connectivity index (χ1) is 9.66. The van der Waals surface area contributed by atoms with Crippen LogP contribution in [0.15, 0.2) is 72.1 Å². The summed E-state index contributed by atoms with van der Waals surface area (Å²) in [6.45, 7) is 0. The van der Waals surface area contributed by atoms with Crippen molar-refractivity contribution in [3.63, 3.8) is 0 Å². The second-order valence-electron chi connectivity index (χ2n) is 4.87. The van der Waals surface area contributed by atoms with Crippen LogP contribution in [0.4, 0.5) is 11.4 Å². The Morgan fingerprint density at radius 2 is 1.40 bits per heavy atom.